The Morgan fingerprint density at radius 2 is 1.58 bits per heavy atom. The molecule has 2 aromatic carbocycles. The predicted molar refractivity (Wildman–Crippen MR) is 97.3 cm³/mol. The lowest BCUT2D eigenvalue weighted by Crippen LogP contribution is -2.18. The Morgan fingerprint density at radius 3 is 2.12 bits per heavy atom. The maximum Gasteiger partial charge on any atom is 0.349 e. The smallest absolute Gasteiger partial charge is 0.349 e. The van der Waals surface area contributed by atoms with Gasteiger partial charge in [-0.2, -0.15) is 0 Å². The van der Waals surface area contributed by atoms with Gasteiger partial charge in [-0.15, -0.1) is 0 Å². The Morgan fingerprint density at radius 1 is 1.00 bits per heavy atom. The standard InChI is InChI=1S/C20H23ClO3/c1-12(2)18-7-6-16(8-13(18)3)23-11-19(22)24-17-9-14(4)20(21)15(5)10-17/h6-10,12H,11H2,1-5H3. The molecule has 0 N–H and O–H groups in total. The normalized spacial score (nSPS) is 10.8. The number of esters is 1. The molecule has 0 aliphatic carbocycles. The Bertz CT molecular complexity index is 728. The molecule has 0 spiro atoms. The summed E-state index contributed by atoms with van der Waals surface area (Å²) in [5.41, 5.74) is 4.18. The van der Waals surface area contributed by atoms with Gasteiger partial charge in [0.15, 0.2) is 6.61 Å². The fourth-order valence-corrected chi connectivity index (χ4v) is 2.76. The monoisotopic (exact) mass is 346 g/mol. The lowest BCUT2D eigenvalue weighted by Gasteiger charge is -2.12. The molecular weight excluding hydrogens is 324 g/mol. The molecule has 0 unspecified atom stereocenters. The minimum atomic E-state index is -0.443. The van der Waals surface area contributed by atoms with Crippen LogP contribution in [0.25, 0.3) is 0 Å². The zero-order chi connectivity index (χ0) is 17.9. The van der Waals surface area contributed by atoms with Crippen LogP contribution in [-0.2, 0) is 4.79 Å². The van der Waals surface area contributed by atoms with Gasteiger partial charge in [-0.05, 0) is 73.2 Å². The van der Waals surface area contributed by atoms with E-state index in [0.717, 1.165) is 16.7 Å². The van der Waals surface area contributed by atoms with Crippen molar-refractivity contribution >= 4 is 17.6 Å². The fourth-order valence-electron chi connectivity index (χ4n) is 2.65. The summed E-state index contributed by atoms with van der Waals surface area (Å²) in [5, 5.41) is 0.687. The maximum absolute atomic E-state index is 12.0. The molecule has 0 heterocycles. The van der Waals surface area contributed by atoms with E-state index in [0.29, 0.717) is 22.4 Å². The third-order valence-corrected chi connectivity index (χ3v) is 4.46. The van der Waals surface area contributed by atoms with Crippen molar-refractivity contribution in [2.24, 2.45) is 0 Å². The van der Waals surface area contributed by atoms with E-state index in [1.165, 1.54) is 5.56 Å². The second-order valence-corrected chi connectivity index (χ2v) is 6.68. The molecule has 24 heavy (non-hydrogen) atoms. The van der Waals surface area contributed by atoms with Crippen molar-refractivity contribution in [3.05, 3.63) is 57.6 Å². The van der Waals surface area contributed by atoms with Crippen LogP contribution in [0.3, 0.4) is 0 Å². The maximum atomic E-state index is 12.0. The van der Waals surface area contributed by atoms with Crippen molar-refractivity contribution in [2.45, 2.75) is 40.5 Å². The first-order chi connectivity index (χ1) is 11.3. The zero-order valence-corrected chi connectivity index (χ0v) is 15.5. The van der Waals surface area contributed by atoms with Crippen LogP contribution >= 0.6 is 11.6 Å². The van der Waals surface area contributed by atoms with Crippen molar-refractivity contribution in [3.63, 3.8) is 0 Å². The predicted octanol–water partition coefficient (Wildman–Crippen LogP) is 5.37. The van der Waals surface area contributed by atoms with Crippen LogP contribution in [0.5, 0.6) is 11.5 Å². The van der Waals surface area contributed by atoms with Crippen LogP contribution in [0, 0.1) is 20.8 Å². The van der Waals surface area contributed by atoms with Gasteiger partial charge in [-0.3, -0.25) is 0 Å². The molecule has 0 bridgehead atoms. The van der Waals surface area contributed by atoms with Gasteiger partial charge < -0.3 is 9.47 Å². The van der Waals surface area contributed by atoms with Gasteiger partial charge >= 0.3 is 5.97 Å². The van der Waals surface area contributed by atoms with Gasteiger partial charge in [0.2, 0.25) is 0 Å². The number of hydrogen-bond donors (Lipinski definition) is 0. The highest BCUT2D eigenvalue weighted by Gasteiger charge is 2.10. The van der Waals surface area contributed by atoms with Crippen LogP contribution in [0.1, 0.15) is 42.0 Å². The SMILES string of the molecule is Cc1cc(OCC(=O)Oc2cc(C)c(Cl)c(C)c2)ccc1C(C)C. The van der Waals surface area contributed by atoms with Crippen molar-refractivity contribution in [3.8, 4) is 11.5 Å². The van der Waals surface area contributed by atoms with Crippen molar-refractivity contribution < 1.29 is 14.3 Å². The van der Waals surface area contributed by atoms with E-state index in [1.807, 2.05) is 39.0 Å². The molecule has 0 amide bonds. The minimum absolute atomic E-state index is 0.138. The summed E-state index contributed by atoms with van der Waals surface area (Å²) in [6.07, 6.45) is 0. The van der Waals surface area contributed by atoms with Crippen LogP contribution < -0.4 is 9.47 Å². The van der Waals surface area contributed by atoms with E-state index >= 15 is 0 Å². The lowest BCUT2D eigenvalue weighted by molar-refractivity contribution is -0.136. The Labute approximate surface area is 148 Å². The van der Waals surface area contributed by atoms with Crippen molar-refractivity contribution in [2.75, 3.05) is 6.61 Å². The average Bonchev–Trinajstić information content (AvgIpc) is 2.50. The van der Waals surface area contributed by atoms with E-state index < -0.39 is 5.97 Å². The first-order valence-electron chi connectivity index (χ1n) is 7.98. The summed E-state index contributed by atoms with van der Waals surface area (Å²) in [6, 6.07) is 9.35. The van der Waals surface area contributed by atoms with E-state index in [2.05, 4.69) is 13.8 Å². The first-order valence-corrected chi connectivity index (χ1v) is 8.36. The molecule has 0 radical (unpaired) electrons. The summed E-state index contributed by atoms with van der Waals surface area (Å²) in [7, 11) is 0. The van der Waals surface area contributed by atoms with Crippen molar-refractivity contribution in [1.82, 2.24) is 0 Å². The van der Waals surface area contributed by atoms with E-state index in [1.54, 1.807) is 12.1 Å². The lowest BCUT2D eigenvalue weighted by atomic mass is 9.98. The third-order valence-electron chi connectivity index (χ3n) is 3.86. The second-order valence-electron chi connectivity index (χ2n) is 6.31. The number of rotatable bonds is 5. The fraction of sp³-hybridized carbons (Fsp3) is 0.350. The summed E-state index contributed by atoms with van der Waals surface area (Å²) >= 11 is 6.11. The highest BCUT2D eigenvalue weighted by Crippen LogP contribution is 2.26. The zero-order valence-electron chi connectivity index (χ0n) is 14.8. The summed E-state index contributed by atoms with van der Waals surface area (Å²) in [5.74, 6) is 1.16. The number of ether oxygens (including phenoxy) is 2. The number of carbonyl (C=O) groups excluding carboxylic acids is 1. The van der Waals surface area contributed by atoms with Crippen molar-refractivity contribution in [1.29, 1.82) is 0 Å². The molecule has 0 aromatic heterocycles. The average molecular weight is 347 g/mol. The molecule has 0 fully saturated rings. The molecule has 0 aliphatic heterocycles. The highest BCUT2D eigenvalue weighted by atomic mass is 35.5. The molecule has 0 aliphatic rings. The van der Waals surface area contributed by atoms with Gasteiger partial charge in [0, 0.05) is 5.02 Å². The van der Waals surface area contributed by atoms with E-state index in [4.69, 9.17) is 21.1 Å². The van der Waals surface area contributed by atoms with Gasteiger partial charge in [-0.25, -0.2) is 4.79 Å². The molecule has 0 atom stereocenters. The quantitative estimate of drug-likeness (QED) is 0.539. The molecule has 128 valence electrons. The first kappa shape index (κ1) is 18.3. The molecule has 2 rings (SSSR count). The van der Waals surface area contributed by atoms with E-state index in [9.17, 15) is 4.79 Å². The Balaban J connectivity index is 1.97. The number of hydrogen-bond acceptors (Lipinski definition) is 3. The number of benzene rings is 2. The molecule has 4 heteroatoms. The highest BCUT2D eigenvalue weighted by molar-refractivity contribution is 6.32. The molecule has 3 nitrogen and oxygen atoms in total. The van der Waals surface area contributed by atoms with Crippen LogP contribution in [0.4, 0.5) is 0 Å². The van der Waals surface area contributed by atoms with Gasteiger partial charge in [0.05, 0.1) is 0 Å². The molecular formula is C20H23ClO3. The number of aryl methyl sites for hydroxylation is 3. The largest absolute Gasteiger partial charge is 0.482 e. The summed E-state index contributed by atoms with van der Waals surface area (Å²) in [6.45, 7) is 9.96. The van der Waals surface area contributed by atoms with Crippen LogP contribution in [0.2, 0.25) is 5.02 Å². The van der Waals surface area contributed by atoms with Gasteiger partial charge in [0.25, 0.3) is 0 Å². The minimum Gasteiger partial charge on any atom is -0.482 e. The Kier molecular flexibility index (Phi) is 5.89. The number of carbonyl (C=O) groups is 1. The topological polar surface area (TPSA) is 35.5 Å². The van der Waals surface area contributed by atoms with E-state index in [-0.39, 0.29) is 6.61 Å². The van der Waals surface area contributed by atoms with Crippen LogP contribution in [-0.4, -0.2) is 12.6 Å². The molecule has 2 aromatic rings. The third kappa shape index (κ3) is 4.51. The summed E-state index contributed by atoms with van der Waals surface area (Å²) < 4.78 is 10.9. The summed E-state index contributed by atoms with van der Waals surface area (Å²) in [4.78, 5) is 12.0. The van der Waals surface area contributed by atoms with Gasteiger partial charge in [0.1, 0.15) is 11.5 Å². The number of halogens is 1. The van der Waals surface area contributed by atoms with Crippen LogP contribution in [0.15, 0.2) is 30.3 Å². The molecule has 0 saturated carbocycles. The second kappa shape index (κ2) is 7.71. The molecule has 0 saturated heterocycles. The van der Waals surface area contributed by atoms with Gasteiger partial charge in [-0.1, -0.05) is 31.5 Å². The Hall–Kier alpha value is -2.00.